The van der Waals surface area contributed by atoms with Gasteiger partial charge >= 0.3 is 0 Å². The summed E-state index contributed by atoms with van der Waals surface area (Å²) < 4.78 is 5.42. The topological polar surface area (TPSA) is 158 Å². The van der Waals surface area contributed by atoms with Crippen molar-refractivity contribution in [3.8, 4) is 5.75 Å². The number of nitrogens with two attached hydrogens (primary N) is 3. The Morgan fingerprint density at radius 2 is 1.96 bits per heavy atom. The molecule has 0 aromatic heterocycles. The van der Waals surface area contributed by atoms with Gasteiger partial charge in [-0.25, -0.2) is 0 Å². The minimum atomic E-state index is -0.761. The Morgan fingerprint density at radius 3 is 2.64 bits per heavy atom. The Labute approximate surface area is 163 Å². The van der Waals surface area contributed by atoms with Gasteiger partial charge in [0.1, 0.15) is 11.8 Å². The maximum Gasteiger partial charge on any atom is 0.246 e. The number of aliphatic imine (C=N–C) groups is 1. The van der Waals surface area contributed by atoms with Gasteiger partial charge in [0.25, 0.3) is 0 Å². The molecule has 0 radical (unpaired) electrons. The van der Waals surface area contributed by atoms with E-state index in [2.05, 4.69) is 15.6 Å². The van der Waals surface area contributed by atoms with E-state index in [0.29, 0.717) is 30.8 Å². The highest BCUT2D eigenvalue weighted by atomic mass is 16.5. The van der Waals surface area contributed by atoms with Gasteiger partial charge in [-0.3, -0.25) is 14.6 Å². The van der Waals surface area contributed by atoms with Gasteiger partial charge in [-0.15, -0.1) is 0 Å². The van der Waals surface area contributed by atoms with Crippen LogP contribution in [0.2, 0.25) is 0 Å². The van der Waals surface area contributed by atoms with E-state index in [1.54, 1.807) is 13.2 Å². The van der Waals surface area contributed by atoms with E-state index in [-0.39, 0.29) is 18.4 Å². The molecule has 28 heavy (non-hydrogen) atoms. The molecule has 2 rings (SSSR count). The zero-order valence-electron chi connectivity index (χ0n) is 15.8. The summed E-state index contributed by atoms with van der Waals surface area (Å²) in [7, 11) is 1.57. The second-order valence-electron chi connectivity index (χ2n) is 6.16. The fourth-order valence-corrected chi connectivity index (χ4v) is 2.77. The monoisotopic (exact) mass is 386 g/mol. The average molecular weight is 386 g/mol. The van der Waals surface area contributed by atoms with Crippen LogP contribution in [0.1, 0.15) is 12.8 Å². The third-order valence-electron chi connectivity index (χ3n) is 4.09. The molecule has 0 aliphatic carbocycles. The van der Waals surface area contributed by atoms with Crippen LogP contribution in [0.25, 0.3) is 10.8 Å². The first-order chi connectivity index (χ1) is 13.4. The van der Waals surface area contributed by atoms with Gasteiger partial charge < -0.3 is 32.6 Å². The maximum atomic E-state index is 12.7. The number of methoxy groups -OCH3 is 1. The number of hydrogen-bond donors (Lipinski definition) is 5. The van der Waals surface area contributed by atoms with E-state index in [1.165, 1.54) is 0 Å². The fraction of sp³-hybridized carbons (Fsp3) is 0.316. The number of ether oxygens (including phenoxy) is 1. The first-order valence-corrected chi connectivity index (χ1v) is 8.87. The lowest BCUT2D eigenvalue weighted by Crippen LogP contribution is -2.46. The highest BCUT2D eigenvalue weighted by Gasteiger charge is 2.20. The maximum absolute atomic E-state index is 12.7. The molecule has 0 heterocycles. The minimum absolute atomic E-state index is 0.0183. The summed E-state index contributed by atoms with van der Waals surface area (Å²) >= 11 is 0. The number of amides is 2. The number of rotatable bonds is 9. The quantitative estimate of drug-likeness (QED) is 0.237. The van der Waals surface area contributed by atoms with E-state index in [9.17, 15) is 9.59 Å². The van der Waals surface area contributed by atoms with Gasteiger partial charge in [0.2, 0.25) is 11.8 Å². The Balaban J connectivity index is 2.15. The Morgan fingerprint density at radius 1 is 1.21 bits per heavy atom. The third kappa shape index (κ3) is 5.85. The largest absolute Gasteiger partial charge is 0.496 e. The standard InChI is InChI=1S/C19H26N6O3/c1-28-16-10-13(9-12-5-2-3-6-14(12)16)24-18(27)15(25-17(26)11-20)7-4-8-23-19(21)22/h2-3,5-6,9-10,15H,4,7-8,11,20H2,1H3,(H,24,27)(H,25,26)(H4,21,22,23)/t15-/m0/s1. The molecular formula is C19H26N6O3. The van der Waals surface area contributed by atoms with Crippen LogP contribution in [0.4, 0.5) is 5.69 Å². The molecule has 9 heteroatoms. The Bertz CT molecular complexity index is 864. The minimum Gasteiger partial charge on any atom is -0.496 e. The van der Waals surface area contributed by atoms with Crippen molar-refractivity contribution in [3.05, 3.63) is 36.4 Å². The van der Waals surface area contributed by atoms with Crippen LogP contribution < -0.4 is 32.6 Å². The summed E-state index contributed by atoms with van der Waals surface area (Å²) in [5.41, 5.74) is 16.5. The number of carbonyl (C=O) groups excluding carboxylic acids is 2. The number of fused-ring (bicyclic) bond motifs is 1. The number of guanidine groups is 1. The molecule has 2 aromatic carbocycles. The summed E-state index contributed by atoms with van der Waals surface area (Å²) in [6.45, 7) is 0.149. The SMILES string of the molecule is COc1cc(NC(=O)[C@H](CCCN=C(N)N)NC(=O)CN)cc2ccccc12. The van der Waals surface area contributed by atoms with E-state index >= 15 is 0 Å². The summed E-state index contributed by atoms with van der Waals surface area (Å²) in [6, 6.07) is 10.5. The zero-order chi connectivity index (χ0) is 20.5. The number of hydrogen-bond acceptors (Lipinski definition) is 5. The van der Waals surface area contributed by atoms with Crippen LogP contribution in [0.15, 0.2) is 41.4 Å². The lowest BCUT2D eigenvalue weighted by Gasteiger charge is -2.18. The fourth-order valence-electron chi connectivity index (χ4n) is 2.77. The molecule has 0 saturated heterocycles. The number of carbonyl (C=O) groups is 2. The first-order valence-electron chi connectivity index (χ1n) is 8.87. The molecule has 0 aliphatic heterocycles. The lowest BCUT2D eigenvalue weighted by molar-refractivity contribution is -0.125. The van der Waals surface area contributed by atoms with E-state index in [4.69, 9.17) is 21.9 Å². The summed E-state index contributed by atoms with van der Waals surface area (Å²) in [6.07, 6.45) is 0.876. The van der Waals surface area contributed by atoms with Crippen LogP contribution in [0, 0.1) is 0 Å². The van der Waals surface area contributed by atoms with Crippen LogP contribution in [0.5, 0.6) is 5.75 Å². The van der Waals surface area contributed by atoms with Gasteiger partial charge in [0.05, 0.1) is 13.7 Å². The lowest BCUT2D eigenvalue weighted by atomic mass is 10.1. The molecule has 0 unspecified atom stereocenters. The van der Waals surface area contributed by atoms with Crippen molar-refractivity contribution in [1.29, 1.82) is 0 Å². The number of nitrogens with one attached hydrogen (secondary N) is 2. The van der Waals surface area contributed by atoms with Crippen LogP contribution >= 0.6 is 0 Å². The van der Waals surface area contributed by atoms with Gasteiger partial charge in [-0.1, -0.05) is 24.3 Å². The number of nitrogens with zero attached hydrogens (tertiary/aromatic N) is 1. The van der Waals surface area contributed by atoms with E-state index in [1.807, 2.05) is 30.3 Å². The molecule has 2 aromatic rings. The van der Waals surface area contributed by atoms with E-state index < -0.39 is 11.9 Å². The predicted molar refractivity (Wildman–Crippen MR) is 110 cm³/mol. The molecule has 0 aliphatic rings. The second kappa shape index (κ2) is 10.1. The summed E-state index contributed by atoms with van der Waals surface area (Å²) in [4.78, 5) is 28.3. The molecule has 0 saturated carbocycles. The van der Waals surface area contributed by atoms with Crippen molar-refractivity contribution < 1.29 is 14.3 Å². The second-order valence-corrected chi connectivity index (χ2v) is 6.16. The van der Waals surface area contributed by atoms with Crippen LogP contribution in [-0.4, -0.2) is 44.0 Å². The molecule has 2 amide bonds. The third-order valence-corrected chi connectivity index (χ3v) is 4.09. The van der Waals surface area contributed by atoms with Crippen molar-refractivity contribution in [2.45, 2.75) is 18.9 Å². The highest BCUT2D eigenvalue weighted by Crippen LogP contribution is 2.29. The van der Waals surface area contributed by atoms with Gasteiger partial charge in [0, 0.05) is 23.7 Å². The average Bonchev–Trinajstić information content (AvgIpc) is 2.69. The molecule has 9 nitrogen and oxygen atoms in total. The first kappa shape index (κ1) is 21.0. The normalized spacial score (nSPS) is 11.5. The van der Waals surface area contributed by atoms with Crippen molar-refractivity contribution >= 4 is 34.2 Å². The van der Waals surface area contributed by atoms with Crippen molar-refractivity contribution in [3.63, 3.8) is 0 Å². The van der Waals surface area contributed by atoms with Gasteiger partial charge in [-0.2, -0.15) is 0 Å². The van der Waals surface area contributed by atoms with Crippen LogP contribution in [-0.2, 0) is 9.59 Å². The van der Waals surface area contributed by atoms with E-state index in [0.717, 1.165) is 10.8 Å². The Hall–Kier alpha value is -3.33. The molecule has 8 N–H and O–H groups in total. The Kier molecular flexibility index (Phi) is 7.58. The zero-order valence-corrected chi connectivity index (χ0v) is 15.8. The van der Waals surface area contributed by atoms with Crippen molar-refractivity contribution in [2.75, 3.05) is 25.5 Å². The van der Waals surface area contributed by atoms with Crippen LogP contribution in [0.3, 0.4) is 0 Å². The summed E-state index contributed by atoms with van der Waals surface area (Å²) in [5, 5.41) is 7.31. The molecule has 0 spiro atoms. The number of anilines is 1. The molecule has 1 atom stereocenters. The predicted octanol–water partition coefficient (Wildman–Crippen LogP) is 0.284. The highest BCUT2D eigenvalue weighted by molar-refractivity contribution is 6.00. The summed E-state index contributed by atoms with van der Waals surface area (Å²) in [5.74, 6) is -0.152. The molecule has 0 fully saturated rings. The van der Waals surface area contributed by atoms with Crippen molar-refractivity contribution in [2.24, 2.45) is 22.2 Å². The smallest absolute Gasteiger partial charge is 0.246 e. The van der Waals surface area contributed by atoms with Crippen molar-refractivity contribution in [1.82, 2.24) is 5.32 Å². The number of benzene rings is 2. The molecule has 0 bridgehead atoms. The van der Waals surface area contributed by atoms with Gasteiger partial charge in [0.15, 0.2) is 5.96 Å². The molecule has 150 valence electrons. The molecular weight excluding hydrogens is 360 g/mol. The van der Waals surface area contributed by atoms with Gasteiger partial charge in [-0.05, 0) is 24.3 Å².